The highest BCUT2D eigenvalue weighted by atomic mass is 19.4. The smallest absolute Gasteiger partial charge is 0.411 e. The van der Waals surface area contributed by atoms with E-state index in [2.05, 4.69) is 10.5 Å². The zero-order valence-corrected chi connectivity index (χ0v) is 9.92. The summed E-state index contributed by atoms with van der Waals surface area (Å²) in [6, 6.07) is 2.41. The highest BCUT2D eigenvalue weighted by molar-refractivity contribution is 5.68. The van der Waals surface area contributed by atoms with Gasteiger partial charge in [0.05, 0.1) is 6.07 Å². The first-order valence-corrected chi connectivity index (χ1v) is 5.08. The molecule has 0 aromatic heterocycles. The fourth-order valence-corrected chi connectivity index (χ4v) is 1.57. The Hall–Kier alpha value is -2.44. The van der Waals surface area contributed by atoms with E-state index in [1.807, 2.05) is 0 Å². The first kappa shape index (κ1) is 16.6. The first-order chi connectivity index (χ1) is 9.45. The molecule has 1 amide bonds. The first-order valence-electron chi connectivity index (χ1n) is 5.08. The Morgan fingerprint density at radius 3 is 1.76 bits per heavy atom. The summed E-state index contributed by atoms with van der Waals surface area (Å²) in [5.41, 5.74) is -1.38. The summed E-state index contributed by atoms with van der Waals surface area (Å²) in [6.45, 7) is 0. The van der Waals surface area contributed by atoms with Gasteiger partial charge in [-0.25, -0.2) is 4.79 Å². The molecule has 114 valence electrons. The molecule has 1 rings (SSSR count). The molecular formula is C11H6F6N2O2. The van der Waals surface area contributed by atoms with Crippen LogP contribution in [0.15, 0.2) is 24.3 Å². The third kappa shape index (κ3) is 2.86. The fraction of sp³-hybridized carbons (Fsp3) is 0.273. The monoisotopic (exact) mass is 312 g/mol. The quantitative estimate of drug-likeness (QED) is 0.853. The Balaban J connectivity index is 3.43. The van der Waals surface area contributed by atoms with Crippen LogP contribution in [0.5, 0.6) is 5.75 Å². The van der Waals surface area contributed by atoms with Gasteiger partial charge in [-0.2, -0.15) is 31.6 Å². The maximum absolute atomic E-state index is 12.8. The van der Waals surface area contributed by atoms with Crippen LogP contribution in [-0.2, 0) is 5.41 Å². The van der Waals surface area contributed by atoms with Gasteiger partial charge in [-0.15, -0.1) is 0 Å². The van der Waals surface area contributed by atoms with Crippen molar-refractivity contribution in [2.45, 2.75) is 17.8 Å². The Bertz CT molecular complexity index is 556. The van der Waals surface area contributed by atoms with E-state index in [1.165, 1.54) is 0 Å². The molecule has 21 heavy (non-hydrogen) atoms. The summed E-state index contributed by atoms with van der Waals surface area (Å²) in [6.07, 6.45) is -13.1. The second-order valence-electron chi connectivity index (χ2n) is 3.80. The number of nitrogens with two attached hydrogens (primary N) is 1. The number of halogens is 6. The van der Waals surface area contributed by atoms with Crippen molar-refractivity contribution in [1.82, 2.24) is 0 Å². The van der Waals surface area contributed by atoms with Gasteiger partial charge in [-0.3, -0.25) is 0 Å². The predicted octanol–water partition coefficient (Wildman–Crippen LogP) is 3.03. The Morgan fingerprint density at radius 2 is 1.48 bits per heavy atom. The molecule has 1 aromatic carbocycles. The lowest BCUT2D eigenvalue weighted by Crippen LogP contribution is -2.52. The zero-order chi connectivity index (χ0) is 16.5. The van der Waals surface area contributed by atoms with Crippen LogP contribution in [0.3, 0.4) is 0 Å². The van der Waals surface area contributed by atoms with Crippen LogP contribution in [-0.4, -0.2) is 18.4 Å². The maximum Gasteiger partial charge on any atom is 0.420 e. The van der Waals surface area contributed by atoms with E-state index in [0.29, 0.717) is 24.3 Å². The normalized spacial score (nSPS) is 12.6. The van der Waals surface area contributed by atoms with Gasteiger partial charge in [0.25, 0.3) is 5.41 Å². The number of amides is 1. The van der Waals surface area contributed by atoms with Crippen LogP contribution in [0.1, 0.15) is 5.56 Å². The lowest BCUT2D eigenvalue weighted by atomic mass is 9.80. The standard InChI is InChI=1S/C11H6F6N2O2/c12-10(13,14)9(5-18,11(15,16)17)6-1-3-7(4-2-6)21-8(19)20/h1-4H,(H2,19,20). The number of benzene rings is 1. The molecular weight excluding hydrogens is 306 g/mol. The summed E-state index contributed by atoms with van der Waals surface area (Å²) in [7, 11) is 0. The van der Waals surface area contributed by atoms with Gasteiger partial charge in [0.15, 0.2) is 0 Å². The number of rotatable bonds is 2. The van der Waals surface area contributed by atoms with Crippen LogP contribution >= 0.6 is 0 Å². The summed E-state index contributed by atoms with van der Waals surface area (Å²) in [5, 5.41) is 8.52. The van der Waals surface area contributed by atoms with Crippen molar-refractivity contribution in [2.75, 3.05) is 0 Å². The van der Waals surface area contributed by atoms with Crippen LogP contribution in [0.2, 0.25) is 0 Å². The number of nitriles is 1. The molecule has 0 atom stereocenters. The van der Waals surface area contributed by atoms with Crippen LogP contribution in [0.25, 0.3) is 0 Å². The van der Waals surface area contributed by atoms with Crippen LogP contribution in [0.4, 0.5) is 31.1 Å². The SMILES string of the molecule is N#CC(c1ccc(OC(N)=O)cc1)(C(F)(F)F)C(F)(F)F. The molecule has 0 radical (unpaired) electrons. The summed E-state index contributed by atoms with van der Waals surface area (Å²) < 4.78 is 81.2. The van der Waals surface area contributed by atoms with Gasteiger partial charge >= 0.3 is 18.4 Å². The third-order valence-electron chi connectivity index (χ3n) is 2.52. The number of nitrogens with zero attached hydrogens (tertiary/aromatic N) is 1. The molecule has 0 aliphatic heterocycles. The van der Waals surface area contributed by atoms with Gasteiger partial charge in [0.2, 0.25) is 0 Å². The number of primary amides is 1. The summed E-state index contributed by atoms with van der Waals surface area (Å²) in [5.74, 6) is -0.359. The summed E-state index contributed by atoms with van der Waals surface area (Å²) in [4.78, 5) is 10.4. The van der Waals surface area contributed by atoms with E-state index in [0.717, 1.165) is 0 Å². The molecule has 0 bridgehead atoms. The topological polar surface area (TPSA) is 76.1 Å². The number of carbonyl (C=O) groups is 1. The highest BCUT2D eigenvalue weighted by Crippen LogP contribution is 2.51. The Morgan fingerprint density at radius 1 is 1.05 bits per heavy atom. The van der Waals surface area contributed by atoms with E-state index >= 15 is 0 Å². The predicted molar refractivity (Wildman–Crippen MR) is 56.1 cm³/mol. The number of hydrogen-bond donors (Lipinski definition) is 1. The summed E-state index contributed by atoms with van der Waals surface area (Å²) >= 11 is 0. The van der Waals surface area contributed by atoms with Crippen molar-refractivity contribution in [1.29, 1.82) is 5.26 Å². The van der Waals surface area contributed by atoms with E-state index < -0.39 is 29.4 Å². The maximum atomic E-state index is 12.8. The third-order valence-corrected chi connectivity index (χ3v) is 2.52. The van der Waals surface area contributed by atoms with Crippen molar-refractivity contribution in [3.63, 3.8) is 0 Å². The van der Waals surface area contributed by atoms with Crippen LogP contribution in [0, 0.1) is 11.3 Å². The molecule has 4 nitrogen and oxygen atoms in total. The molecule has 0 aliphatic rings. The van der Waals surface area contributed by atoms with Crippen molar-refractivity contribution >= 4 is 6.09 Å². The molecule has 0 saturated heterocycles. The highest BCUT2D eigenvalue weighted by Gasteiger charge is 2.72. The molecule has 10 heteroatoms. The molecule has 0 heterocycles. The van der Waals surface area contributed by atoms with Gasteiger partial charge in [-0.05, 0) is 17.7 Å². The largest absolute Gasteiger partial charge is 0.420 e. The second-order valence-corrected chi connectivity index (χ2v) is 3.80. The Kier molecular flexibility index (Phi) is 4.08. The van der Waals surface area contributed by atoms with Crippen molar-refractivity contribution in [2.24, 2.45) is 5.73 Å². The molecule has 2 N–H and O–H groups in total. The minimum Gasteiger partial charge on any atom is -0.411 e. The van der Waals surface area contributed by atoms with E-state index in [4.69, 9.17) is 5.26 Å². The van der Waals surface area contributed by atoms with Crippen molar-refractivity contribution < 1.29 is 35.9 Å². The lowest BCUT2D eigenvalue weighted by Gasteiger charge is -2.31. The van der Waals surface area contributed by atoms with Crippen LogP contribution < -0.4 is 10.5 Å². The van der Waals surface area contributed by atoms with Gasteiger partial charge in [-0.1, -0.05) is 12.1 Å². The lowest BCUT2D eigenvalue weighted by molar-refractivity contribution is -0.283. The van der Waals surface area contributed by atoms with E-state index in [-0.39, 0.29) is 11.8 Å². The molecule has 1 aromatic rings. The van der Waals surface area contributed by atoms with E-state index in [9.17, 15) is 31.1 Å². The fourth-order valence-electron chi connectivity index (χ4n) is 1.57. The molecule has 0 fully saturated rings. The number of alkyl halides is 6. The molecule has 0 unspecified atom stereocenters. The van der Waals surface area contributed by atoms with E-state index in [1.54, 1.807) is 0 Å². The van der Waals surface area contributed by atoms with Gasteiger partial charge in [0, 0.05) is 0 Å². The zero-order valence-electron chi connectivity index (χ0n) is 9.92. The van der Waals surface area contributed by atoms with Crippen molar-refractivity contribution in [3.05, 3.63) is 29.8 Å². The minimum atomic E-state index is -5.88. The molecule has 0 saturated carbocycles. The number of carbonyl (C=O) groups excluding carboxylic acids is 1. The average molecular weight is 312 g/mol. The number of ether oxygens (including phenoxy) is 1. The van der Waals surface area contributed by atoms with Crippen molar-refractivity contribution in [3.8, 4) is 11.8 Å². The average Bonchev–Trinajstić information content (AvgIpc) is 2.28. The second kappa shape index (κ2) is 5.16. The number of hydrogen-bond acceptors (Lipinski definition) is 3. The minimum absolute atomic E-state index is 0.290. The molecule has 0 spiro atoms. The van der Waals surface area contributed by atoms with Gasteiger partial charge < -0.3 is 10.5 Å². The molecule has 0 aliphatic carbocycles. The van der Waals surface area contributed by atoms with Gasteiger partial charge in [0.1, 0.15) is 5.75 Å². The Labute approximate surface area is 113 Å².